The van der Waals surface area contributed by atoms with Crippen LogP contribution in [0.15, 0.2) is 84.9 Å². The molecule has 3 aromatic carbocycles. The zero-order valence-corrected chi connectivity index (χ0v) is 14.8. The van der Waals surface area contributed by atoms with Crippen molar-refractivity contribution in [2.75, 3.05) is 0 Å². The molecule has 26 heavy (non-hydrogen) atoms. The lowest BCUT2D eigenvalue weighted by Crippen LogP contribution is -2.28. The molecular formula is C23H17ClO2. The molecule has 0 saturated heterocycles. The van der Waals surface area contributed by atoms with Crippen molar-refractivity contribution in [3.05, 3.63) is 107 Å². The van der Waals surface area contributed by atoms with Gasteiger partial charge in [0.15, 0.2) is 11.6 Å². The number of carbonyl (C=O) groups excluding carboxylic acids is 2. The second-order valence-corrected chi connectivity index (χ2v) is 7.11. The standard InChI is InChI=1S/C23H17ClO2/c24-19-13-7-12-18(14-19)20-15-23(20,21(25)16-8-3-1-4-9-16)22(26)17-10-5-2-6-11-17/h1-14,20H,15H2. The highest BCUT2D eigenvalue weighted by molar-refractivity contribution is 6.30. The molecule has 3 heteroatoms. The van der Waals surface area contributed by atoms with Crippen molar-refractivity contribution < 1.29 is 9.59 Å². The number of hydrogen-bond donors (Lipinski definition) is 0. The van der Waals surface area contributed by atoms with Crippen molar-refractivity contribution in [1.29, 1.82) is 0 Å². The van der Waals surface area contributed by atoms with Crippen LogP contribution in [0.2, 0.25) is 5.02 Å². The number of carbonyl (C=O) groups is 2. The van der Waals surface area contributed by atoms with Crippen LogP contribution < -0.4 is 0 Å². The minimum Gasteiger partial charge on any atom is -0.293 e. The molecule has 0 N–H and O–H groups in total. The van der Waals surface area contributed by atoms with Gasteiger partial charge in [-0.2, -0.15) is 0 Å². The Bertz CT molecular complexity index is 912. The summed E-state index contributed by atoms with van der Waals surface area (Å²) in [6.45, 7) is 0. The fourth-order valence-corrected chi connectivity index (χ4v) is 3.89. The predicted octanol–water partition coefficient (Wildman–Crippen LogP) is 5.58. The molecular weight excluding hydrogens is 344 g/mol. The first-order valence-electron chi connectivity index (χ1n) is 8.58. The molecule has 1 fully saturated rings. The highest BCUT2D eigenvalue weighted by atomic mass is 35.5. The summed E-state index contributed by atoms with van der Waals surface area (Å²) in [4.78, 5) is 26.7. The summed E-state index contributed by atoms with van der Waals surface area (Å²) in [5, 5.41) is 0.614. The van der Waals surface area contributed by atoms with Crippen LogP contribution in [0.25, 0.3) is 0 Å². The molecule has 1 atom stereocenters. The first kappa shape index (κ1) is 16.7. The van der Waals surface area contributed by atoms with Crippen molar-refractivity contribution in [3.8, 4) is 0 Å². The Morgan fingerprint density at radius 1 is 0.769 bits per heavy atom. The Kier molecular flexibility index (Phi) is 4.21. The number of ketones is 2. The van der Waals surface area contributed by atoms with Crippen LogP contribution in [0.4, 0.5) is 0 Å². The van der Waals surface area contributed by atoms with Crippen LogP contribution in [0, 0.1) is 5.41 Å². The van der Waals surface area contributed by atoms with Gasteiger partial charge in [0.25, 0.3) is 0 Å². The molecule has 4 rings (SSSR count). The molecule has 128 valence electrons. The van der Waals surface area contributed by atoms with E-state index >= 15 is 0 Å². The third kappa shape index (κ3) is 2.77. The van der Waals surface area contributed by atoms with E-state index in [-0.39, 0.29) is 17.5 Å². The zero-order chi connectivity index (χ0) is 18.1. The SMILES string of the molecule is O=C(c1ccccc1)C1(C(=O)c2ccccc2)CC1c1cccc(Cl)c1. The van der Waals surface area contributed by atoms with Gasteiger partial charge in [0.2, 0.25) is 0 Å². The predicted molar refractivity (Wildman–Crippen MR) is 103 cm³/mol. The fourth-order valence-electron chi connectivity index (χ4n) is 3.69. The highest BCUT2D eigenvalue weighted by Crippen LogP contribution is 2.62. The van der Waals surface area contributed by atoms with Gasteiger partial charge >= 0.3 is 0 Å². The van der Waals surface area contributed by atoms with Crippen LogP contribution in [0.5, 0.6) is 0 Å². The van der Waals surface area contributed by atoms with Crippen LogP contribution in [0.3, 0.4) is 0 Å². The minimum atomic E-state index is -1.05. The summed E-state index contributed by atoms with van der Waals surface area (Å²) in [7, 11) is 0. The monoisotopic (exact) mass is 360 g/mol. The summed E-state index contributed by atoms with van der Waals surface area (Å²) < 4.78 is 0. The van der Waals surface area contributed by atoms with E-state index in [9.17, 15) is 9.59 Å². The van der Waals surface area contributed by atoms with Gasteiger partial charge in [0.05, 0.1) is 0 Å². The molecule has 0 heterocycles. The number of hydrogen-bond acceptors (Lipinski definition) is 2. The number of rotatable bonds is 5. The zero-order valence-electron chi connectivity index (χ0n) is 14.1. The van der Waals surface area contributed by atoms with E-state index in [1.807, 2.05) is 54.6 Å². The largest absolute Gasteiger partial charge is 0.293 e. The molecule has 0 radical (unpaired) electrons. The van der Waals surface area contributed by atoms with Gasteiger partial charge in [-0.3, -0.25) is 9.59 Å². The summed E-state index contributed by atoms with van der Waals surface area (Å²) in [5.74, 6) is -0.379. The second kappa shape index (κ2) is 6.54. The maximum absolute atomic E-state index is 13.4. The third-order valence-electron chi connectivity index (χ3n) is 5.09. The first-order chi connectivity index (χ1) is 12.6. The molecule has 2 nitrogen and oxygen atoms in total. The Morgan fingerprint density at radius 2 is 1.31 bits per heavy atom. The van der Waals surface area contributed by atoms with Crippen molar-refractivity contribution in [1.82, 2.24) is 0 Å². The van der Waals surface area contributed by atoms with Gasteiger partial charge in [0, 0.05) is 22.1 Å². The second-order valence-electron chi connectivity index (χ2n) is 6.67. The summed E-state index contributed by atoms with van der Waals surface area (Å²) in [6, 6.07) is 25.6. The van der Waals surface area contributed by atoms with Gasteiger partial charge in [-0.25, -0.2) is 0 Å². The number of halogens is 1. The average molecular weight is 361 g/mol. The summed E-state index contributed by atoms with van der Waals surface area (Å²) in [6.07, 6.45) is 0.509. The van der Waals surface area contributed by atoms with Gasteiger partial charge in [-0.1, -0.05) is 84.4 Å². The van der Waals surface area contributed by atoms with E-state index in [0.29, 0.717) is 22.6 Å². The molecule has 1 aliphatic rings. The summed E-state index contributed by atoms with van der Waals surface area (Å²) >= 11 is 6.13. The molecule has 3 aromatic rings. The lowest BCUT2D eigenvalue weighted by Gasteiger charge is -2.16. The topological polar surface area (TPSA) is 34.1 Å². The third-order valence-corrected chi connectivity index (χ3v) is 5.33. The molecule has 0 aromatic heterocycles. The maximum Gasteiger partial charge on any atom is 0.177 e. The van der Waals surface area contributed by atoms with Gasteiger partial charge in [-0.15, -0.1) is 0 Å². The minimum absolute atomic E-state index is 0.114. The number of benzene rings is 3. The van der Waals surface area contributed by atoms with Gasteiger partial charge in [0.1, 0.15) is 5.41 Å². The summed E-state index contributed by atoms with van der Waals surface area (Å²) in [5.41, 5.74) is 1.03. The van der Waals surface area contributed by atoms with E-state index in [4.69, 9.17) is 11.6 Å². The van der Waals surface area contributed by atoms with Crippen LogP contribution in [-0.4, -0.2) is 11.6 Å². The fraction of sp³-hybridized carbons (Fsp3) is 0.130. The molecule has 0 bridgehead atoms. The van der Waals surface area contributed by atoms with E-state index in [1.165, 1.54) is 0 Å². The van der Waals surface area contributed by atoms with Crippen LogP contribution >= 0.6 is 11.6 Å². The highest BCUT2D eigenvalue weighted by Gasteiger charge is 2.65. The van der Waals surface area contributed by atoms with E-state index in [2.05, 4.69) is 0 Å². The van der Waals surface area contributed by atoms with Gasteiger partial charge < -0.3 is 0 Å². The normalized spacial score (nSPS) is 17.5. The molecule has 1 aliphatic carbocycles. The van der Waals surface area contributed by atoms with Crippen LogP contribution in [0.1, 0.15) is 38.6 Å². The lowest BCUT2D eigenvalue weighted by atomic mass is 9.83. The molecule has 0 aliphatic heterocycles. The van der Waals surface area contributed by atoms with E-state index in [0.717, 1.165) is 5.56 Å². The van der Waals surface area contributed by atoms with E-state index in [1.54, 1.807) is 30.3 Å². The molecule has 0 spiro atoms. The van der Waals surface area contributed by atoms with Crippen molar-refractivity contribution in [2.24, 2.45) is 5.41 Å². The Hall–Kier alpha value is -2.71. The molecule has 0 amide bonds. The smallest absolute Gasteiger partial charge is 0.177 e. The Balaban J connectivity index is 1.79. The quantitative estimate of drug-likeness (QED) is 0.439. The number of Topliss-reactive ketones (excluding diaryl/α,β-unsaturated/α-hetero) is 2. The lowest BCUT2D eigenvalue weighted by molar-refractivity contribution is 0.0776. The van der Waals surface area contributed by atoms with Gasteiger partial charge in [-0.05, 0) is 24.1 Å². The van der Waals surface area contributed by atoms with E-state index < -0.39 is 5.41 Å². The average Bonchev–Trinajstić information content (AvgIpc) is 3.45. The van der Waals surface area contributed by atoms with Crippen LogP contribution in [-0.2, 0) is 0 Å². The first-order valence-corrected chi connectivity index (χ1v) is 8.96. The maximum atomic E-state index is 13.4. The molecule has 1 saturated carbocycles. The molecule has 1 unspecified atom stereocenters. The van der Waals surface area contributed by atoms with Crippen molar-refractivity contribution in [2.45, 2.75) is 12.3 Å². The van der Waals surface area contributed by atoms with Crippen molar-refractivity contribution >= 4 is 23.2 Å². The Labute approximate surface area is 157 Å². The Morgan fingerprint density at radius 3 is 1.81 bits per heavy atom. The van der Waals surface area contributed by atoms with Crippen molar-refractivity contribution in [3.63, 3.8) is 0 Å².